The van der Waals surface area contributed by atoms with E-state index in [1.165, 1.54) is 11.6 Å². The Morgan fingerprint density at radius 2 is 1.89 bits per heavy atom. The van der Waals surface area contributed by atoms with E-state index in [-0.39, 0.29) is 11.7 Å². The number of piperazine rings is 1. The zero-order valence-corrected chi connectivity index (χ0v) is 20.7. The van der Waals surface area contributed by atoms with Gasteiger partial charge in [-0.05, 0) is 55.1 Å². The molecule has 1 amide bonds. The minimum absolute atomic E-state index is 0.0939. The Morgan fingerprint density at radius 3 is 2.63 bits per heavy atom. The van der Waals surface area contributed by atoms with Gasteiger partial charge in [0.05, 0.1) is 12.3 Å². The van der Waals surface area contributed by atoms with Crippen molar-refractivity contribution in [1.82, 2.24) is 20.1 Å². The first kappa shape index (κ1) is 25.5. The van der Waals surface area contributed by atoms with Crippen molar-refractivity contribution < 1.29 is 13.9 Å². The number of hydrogen-bond acceptors (Lipinski definition) is 6. The summed E-state index contributed by atoms with van der Waals surface area (Å²) < 4.78 is 19.3. The van der Waals surface area contributed by atoms with Gasteiger partial charge in [-0.3, -0.25) is 19.6 Å². The van der Waals surface area contributed by atoms with E-state index in [1.54, 1.807) is 13.2 Å². The lowest BCUT2D eigenvalue weighted by Gasteiger charge is -2.47. The molecule has 2 atom stereocenters. The molecule has 0 radical (unpaired) electrons. The van der Waals surface area contributed by atoms with Gasteiger partial charge in [0.25, 0.3) is 0 Å². The number of anilines is 1. The van der Waals surface area contributed by atoms with Crippen LogP contribution in [0.4, 0.5) is 10.1 Å². The fraction of sp³-hybridized carbons (Fsp3) is 0.556. The number of likely N-dealkylation sites (tertiary alicyclic amines) is 1. The molecule has 1 N–H and O–H groups in total. The molecule has 7 nitrogen and oxygen atoms in total. The van der Waals surface area contributed by atoms with E-state index in [2.05, 4.69) is 37.1 Å². The molecular formula is C27H38FN5O2. The number of aromatic nitrogens is 1. The van der Waals surface area contributed by atoms with Gasteiger partial charge >= 0.3 is 0 Å². The Morgan fingerprint density at radius 1 is 1.11 bits per heavy atom. The maximum atomic E-state index is 14.3. The van der Waals surface area contributed by atoms with Crippen LogP contribution in [-0.2, 0) is 16.1 Å². The van der Waals surface area contributed by atoms with Crippen LogP contribution in [0.15, 0.2) is 48.8 Å². The van der Waals surface area contributed by atoms with Gasteiger partial charge in [0, 0.05) is 77.8 Å². The van der Waals surface area contributed by atoms with E-state index in [4.69, 9.17) is 4.74 Å². The molecule has 2 aromatic rings. The summed E-state index contributed by atoms with van der Waals surface area (Å²) in [6.45, 7) is 7.49. The van der Waals surface area contributed by atoms with Crippen LogP contribution >= 0.6 is 0 Å². The number of nitrogens with one attached hydrogen (secondary N) is 1. The number of nitrogens with zero attached hydrogens (tertiary/aromatic N) is 4. The highest BCUT2D eigenvalue weighted by Crippen LogP contribution is 2.29. The monoisotopic (exact) mass is 483 g/mol. The summed E-state index contributed by atoms with van der Waals surface area (Å²) in [5.41, 5.74) is 1.97. The molecule has 35 heavy (non-hydrogen) atoms. The SMILES string of the molecule is COCCNC(=O)CC[C@H]1CN(Cc2ccncc2)CC[C@H]1N1CCN(c2ccccc2F)CC1. The largest absolute Gasteiger partial charge is 0.383 e. The molecule has 1 aromatic heterocycles. The fourth-order valence-electron chi connectivity index (χ4n) is 5.45. The van der Waals surface area contributed by atoms with Crippen molar-refractivity contribution in [2.24, 2.45) is 5.92 Å². The van der Waals surface area contributed by atoms with Crippen LogP contribution in [0.2, 0.25) is 0 Å². The number of para-hydroxylation sites is 1. The smallest absolute Gasteiger partial charge is 0.220 e. The molecule has 4 rings (SSSR count). The molecule has 2 saturated heterocycles. The first-order valence-electron chi connectivity index (χ1n) is 12.7. The summed E-state index contributed by atoms with van der Waals surface area (Å²) in [4.78, 5) is 23.8. The third-order valence-electron chi connectivity index (χ3n) is 7.28. The Kier molecular flexibility index (Phi) is 9.45. The number of hydrogen-bond donors (Lipinski definition) is 1. The third-order valence-corrected chi connectivity index (χ3v) is 7.28. The predicted octanol–water partition coefficient (Wildman–Crippen LogP) is 2.78. The van der Waals surface area contributed by atoms with Gasteiger partial charge in [-0.15, -0.1) is 0 Å². The summed E-state index contributed by atoms with van der Waals surface area (Å²) in [6, 6.07) is 11.6. The molecule has 0 unspecified atom stereocenters. The molecule has 0 aliphatic carbocycles. The number of amides is 1. The van der Waals surface area contributed by atoms with Crippen LogP contribution < -0.4 is 10.2 Å². The Bertz CT molecular complexity index is 923. The fourth-order valence-corrected chi connectivity index (χ4v) is 5.45. The van der Waals surface area contributed by atoms with Crippen molar-refractivity contribution >= 4 is 11.6 Å². The number of rotatable bonds is 10. The molecule has 0 bridgehead atoms. The van der Waals surface area contributed by atoms with E-state index in [0.717, 1.165) is 58.7 Å². The van der Waals surface area contributed by atoms with E-state index in [9.17, 15) is 9.18 Å². The number of halogens is 1. The maximum absolute atomic E-state index is 14.3. The molecule has 1 aromatic carbocycles. The topological polar surface area (TPSA) is 60.9 Å². The van der Waals surface area contributed by atoms with Crippen LogP contribution in [0.5, 0.6) is 0 Å². The minimum atomic E-state index is -0.150. The van der Waals surface area contributed by atoms with Gasteiger partial charge in [-0.1, -0.05) is 12.1 Å². The average Bonchev–Trinajstić information content (AvgIpc) is 2.89. The van der Waals surface area contributed by atoms with E-state index in [1.807, 2.05) is 24.5 Å². The van der Waals surface area contributed by atoms with Gasteiger partial charge < -0.3 is 15.0 Å². The van der Waals surface area contributed by atoms with Crippen molar-refractivity contribution in [2.45, 2.75) is 31.8 Å². The number of carbonyl (C=O) groups excluding carboxylic acids is 1. The number of carbonyl (C=O) groups is 1. The van der Waals surface area contributed by atoms with Crippen molar-refractivity contribution in [2.75, 3.05) is 64.4 Å². The first-order chi connectivity index (χ1) is 17.1. The number of benzene rings is 1. The van der Waals surface area contributed by atoms with E-state index >= 15 is 0 Å². The predicted molar refractivity (Wildman–Crippen MR) is 136 cm³/mol. The molecule has 2 fully saturated rings. The molecule has 3 heterocycles. The lowest BCUT2D eigenvalue weighted by atomic mass is 9.86. The van der Waals surface area contributed by atoms with E-state index in [0.29, 0.717) is 37.2 Å². The Balaban J connectivity index is 1.36. The summed E-state index contributed by atoms with van der Waals surface area (Å²) in [6.07, 6.45) is 6.17. The molecular weight excluding hydrogens is 445 g/mol. The molecule has 0 saturated carbocycles. The second kappa shape index (κ2) is 13.0. The van der Waals surface area contributed by atoms with Crippen LogP contribution in [-0.4, -0.2) is 86.3 Å². The van der Waals surface area contributed by atoms with Crippen molar-refractivity contribution in [3.05, 3.63) is 60.2 Å². The normalized spacial score (nSPS) is 21.7. The van der Waals surface area contributed by atoms with Gasteiger partial charge in [-0.2, -0.15) is 0 Å². The highest BCUT2D eigenvalue weighted by atomic mass is 19.1. The van der Waals surface area contributed by atoms with Crippen LogP contribution in [0, 0.1) is 11.7 Å². The molecule has 2 aliphatic heterocycles. The maximum Gasteiger partial charge on any atom is 0.220 e. The van der Waals surface area contributed by atoms with Crippen LogP contribution in [0.3, 0.4) is 0 Å². The number of methoxy groups -OCH3 is 1. The number of piperidine rings is 1. The molecule has 190 valence electrons. The zero-order chi connectivity index (χ0) is 24.5. The van der Waals surface area contributed by atoms with Gasteiger partial charge in [0.15, 0.2) is 0 Å². The van der Waals surface area contributed by atoms with Crippen molar-refractivity contribution in [3.8, 4) is 0 Å². The van der Waals surface area contributed by atoms with Gasteiger partial charge in [-0.25, -0.2) is 4.39 Å². The highest BCUT2D eigenvalue weighted by molar-refractivity contribution is 5.75. The lowest BCUT2D eigenvalue weighted by molar-refractivity contribution is -0.121. The summed E-state index contributed by atoms with van der Waals surface area (Å²) >= 11 is 0. The molecule has 0 spiro atoms. The van der Waals surface area contributed by atoms with Crippen LogP contribution in [0.1, 0.15) is 24.8 Å². The number of ether oxygens (including phenoxy) is 1. The number of pyridine rings is 1. The molecule has 2 aliphatic rings. The van der Waals surface area contributed by atoms with Crippen LogP contribution in [0.25, 0.3) is 0 Å². The standard InChI is InChI=1S/C27H38FN5O2/c1-35-19-13-30-27(34)7-6-23-21-31(20-22-8-11-29-12-9-22)14-10-25(23)32-15-17-33(18-16-32)26-5-3-2-4-24(26)28/h2-5,8-9,11-12,23,25H,6-7,10,13-21H2,1H3,(H,30,34)/t23-,25+/m0/s1. The quantitative estimate of drug-likeness (QED) is 0.525. The Labute approximate surface area is 208 Å². The first-order valence-corrected chi connectivity index (χ1v) is 12.7. The third kappa shape index (κ3) is 7.22. The van der Waals surface area contributed by atoms with Crippen molar-refractivity contribution in [1.29, 1.82) is 0 Å². The summed E-state index contributed by atoms with van der Waals surface area (Å²) in [5.74, 6) is 0.359. The summed E-state index contributed by atoms with van der Waals surface area (Å²) in [7, 11) is 1.64. The Hall–Kier alpha value is -2.55. The average molecular weight is 484 g/mol. The lowest BCUT2D eigenvalue weighted by Crippen LogP contribution is -2.56. The highest BCUT2D eigenvalue weighted by Gasteiger charge is 2.35. The second-order valence-electron chi connectivity index (χ2n) is 9.56. The van der Waals surface area contributed by atoms with Gasteiger partial charge in [0.2, 0.25) is 5.91 Å². The van der Waals surface area contributed by atoms with Crippen molar-refractivity contribution in [3.63, 3.8) is 0 Å². The summed E-state index contributed by atoms with van der Waals surface area (Å²) in [5, 5.41) is 2.96. The minimum Gasteiger partial charge on any atom is -0.383 e. The zero-order valence-electron chi connectivity index (χ0n) is 20.7. The molecule has 8 heteroatoms. The second-order valence-corrected chi connectivity index (χ2v) is 9.56. The van der Waals surface area contributed by atoms with Gasteiger partial charge in [0.1, 0.15) is 5.82 Å². The van der Waals surface area contributed by atoms with E-state index < -0.39 is 0 Å².